The molecule has 0 N–H and O–H groups in total. The Bertz CT molecular complexity index is 3240. The second kappa shape index (κ2) is 11.0. The zero-order valence-corrected chi connectivity index (χ0v) is 25.9. The number of nitrogens with zero attached hydrogens (tertiary/aromatic N) is 3. The average molecular weight is 632 g/mol. The molecule has 0 radical (unpaired) electrons. The van der Waals surface area contributed by atoms with Crippen molar-refractivity contribution in [3.8, 4) is 45.3 Å². The van der Waals surface area contributed by atoms with Gasteiger partial charge in [-0.3, -0.25) is 0 Å². The van der Waals surface area contributed by atoms with Gasteiger partial charge in [0, 0.05) is 27.5 Å². The summed E-state index contributed by atoms with van der Waals surface area (Å²) in [6.07, 6.45) is 0. The van der Waals surface area contributed by atoms with Crippen molar-refractivity contribution in [1.29, 1.82) is 0 Å². The number of aromatic nitrogens is 3. The highest BCUT2D eigenvalue weighted by Crippen LogP contribution is 2.40. The summed E-state index contributed by atoms with van der Waals surface area (Å²) in [4.78, 5) is 14.8. The summed E-state index contributed by atoms with van der Waals surface area (Å²) >= 11 is 0. The number of para-hydroxylation sites is 1. The number of benzene rings is 8. The Kier molecular flexibility index (Phi) is 4.93. The van der Waals surface area contributed by atoms with Crippen LogP contribution in [0.2, 0.25) is 0 Å². The topological polar surface area (TPSA) is 51.8 Å². The van der Waals surface area contributed by atoms with E-state index in [-0.39, 0.29) is 63.8 Å². The number of hydrogen-bond donors (Lipinski definition) is 0. The molecular weight excluding hydrogens is 599 g/mol. The molecule has 2 aromatic heterocycles. The van der Waals surface area contributed by atoms with Crippen LogP contribution in [0.15, 0.2) is 168 Å². The third kappa shape index (κ3) is 4.42. The molecule has 0 fully saturated rings. The van der Waals surface area contributed by atoms with Crippen LogP contribution >= 0.6 is 0 Å². The van der Waals surface area contributed by atoms with Crippen molar-refractivity contribution in [2.45, 2.75) is 0 Å². The van der Waals surface area contributed by atoms with Crippen molar-refractivity contribution >= 4 is 54.3 Å². The van der Waals surface area contributed by atoms with Gasteiger partial charge in [0.2, 0.25) is 0 Å². The fourth-order valence-corrected chi connectivity index (χ4v) is 6.85. The van der Waals surface area contributed by atoms with E-state index >= 15 is 0 Å². The van der Waals surface area contributed by atoms with Crippen molar-refractivity contribution in [3.05, 3.63) is 164 Å². The second-order valence-corrected chi connectivity index (χ2v) is 11.9. The molecule has 10 rings (SSSR count). The molecule has 0 unspecified atom stereocenters. The van der Waals surface area contributed by atoms with E-state index in [4.69, 9.17) is 22.1 Å². The summed E-state index contributed by atoms with van der Waals surface area (Å²) in [5, 5.41) is 5.62. The van der Waals surface area contributed by atoms with Gasteiger partial charge in [0.05, 0.1) is 8.22 Å². The van der Waals surface area contributed by atoms with Gasteiger partial charge < -0.3 is 4.42 Å². The lowest BCUT2D eigenvalue weighted by Crippen LogP contribution is -2.01. The molecule has 10 aromatic rings. The molecule has 0 spiro atoms. The molecule has 0 saturated heterocycles. The molecule has 49 heavy (non-hydrogen) atoms. The smallest absolute Gasteiger partial charge is 0.164 e. The first-order valence-electron chi connectivity index (χ1n) is 19.0. The molecule has 0 saturated carbocycles. The molecule has 2 heterocycles. The van der Waals surface area contributed by atoms with Gasteiger partial charge in [0.1, 0.15) is 11.2 Å². The maximum absolute atomic E-state index is 9.32. The fraction of sp³-hybridized carbons (Fsp3) is 0. The van der Waals surface area contributed by atoms with E-state index in [0.717, 1.165) is 32.3 Å². The zero-order valence-electron chi connectivity index (χ0n) is 31.9. The minimum atomic E-state index is -0.405. The number of fused-ring (bicyclic) bond motifs is 7. The molecule has 0 aliphatic rings. The maximum atomic E-state index is 9.32. The molecule has 0 bridgehead atoms. The Balaban J connectivity index is 1.33. The monoisotopic (exact) mass is 631 g/mol. The Hall–Kier alpha value is -6.65. The van der Waals surface area contributed by atoms with Gasteiger partial charge in [-0.2, -0.15) is 0 Å². The third-order valence-corrected chi connectivity index (χ3v) is 9.09. The van der Waals surface area contributed by atoms with Crippen LogP contribution in [0, 0.1) is 0 Å². The lowest BCUT2D eigenvalue weighted by Gasteiger charge is -2.14. The second-order valence-electron chi connectivity index (χ2n) is 11.9. The Morgan fingerprint density at radius 2 is 1.02 bits per heavy atom. The standard InChI is InChI=1S/C45H27N3O/c1-2-13-29(14-3-1)43-46-44(48-45(47-43)39-23-11-25-41-42(39)38-16-6-7-24-40(38)49-41)37-22-10-20-33-32(18-9-21-35(33)37)34-19-8-17-31-30-15-5-4-12-28(30)26-27-36(31)34/h1-27H/i9D,10D,18D,20D,21D,22D. The minimum Gasteiger partial charge on any atom is -0.456 e. The first kappa shape index (κ1) is 22.0. The molecule has 4 nitrogen and oxygen atoms in total. The molecule has 4 heteroatoms. The summed E-state index contributed by atoms with van der Waals surface area (Å²) < 4.78 is 61.6. The van der Waals surface area contributed by atoms with E-state index in [1.54, 1.807) is 0 Å². The van der Waals surface area contributed by atoms with Gasteiger partial charge in [-0.15, -0.1) is 0 Å². The van der Waals surface area contributed by atoms with Crippen LogP contribution in [0.5, 0.6) is 0 Å². The third-order valence-electron chi connectivity index (χ3n) is 9.09. The van der Waals surface area contributed by atoms with Crippen molar-refractivity contribution in [1.82, 2.24) is 15.0 Å². The molecule has 228 valence electrons. The van der Waals surface area contributed by atoms with E-state index in [1.165, 1.54) is 0 Å². The summed E-state index contributed by atoms with van der Waals surface area (Å²) in [5.41, 5.74) is 3.53. The normalized spacial score (nSPS) is 13.4. The van der Waals surface area contributed by atoms with Crippen molar-refractivity contribution < 1.29 is 12.6 Å². The highest BCUT2D eigenvalue weighted by atomic mass is 16.3. The van der Waals surface area contributed by atoms with Crippen LogP contribution in [0.25, 0.3) is 99.5 Å². The lowest BCUT2D eigenvalue weighted by molar-refractivity contribution is 0.669. The predicted molar refractivity (Wildman–Crippen MR) is 201 cm³/mol. The fourth-order valence-electron chi connectivity index (χ4n) is 6.85. The molecule has 0 amide bonds. The summed E-state index contributed by atoms with van der Waals surface area (Å²) in [5.74, 6) is 0.596. The number of rotatable bonds is 4. The van der Waals surface area contributed by atoms with Crippen LogP contribution < -0.4 is 0 Å². The van der Waals surface area contributed by atoms with Crippen LogP contribution in [0.1, 0.15) is 8.22 Å². The Morgan fingerprint density at radius 1 is 0.388 bits per heavy atom. The Labute approximate surface area is 290 Å². The van der Waals surface area contributed by atoms with Crippen LogP contribution in [0.3, 0.4) is 0 Å². The molecular formula is C45H27N3O. The van der Waals surface area contributed by atoms with E-state index < -0.39 is 6.04 Å². The lowest BCUT2D eigenvalue weighted by atomic mass is 9.91. The zero-order chi connectivity index (χ0) is 37.5. The number of furan rings is 1. The summed E-state index contributed by atoms with van der Waals surface area (Å²) in [6, 6.07) is 38.3. The van der Waals surface area contributed by atoms with Gasteiger partial charge in [0.25, 0.3) is 0 Å². The van der Waals surface area contributed by atoms with Gasteiger partial charge >= 0.3 is 0 Å². The van der Waals surface area contributed by atoms with Gasteiger partial charge in [-0.25, -0.2) is 15.0 Å². The van der Waals surface area contributed by atoms with Crippen molar-refractivity contribution in [2.24, 2.45) is 0 Å². The van der Waals surface area contributed by atoms with E-state index in [0.29, 0.717) is 33.7 Å². The predicted octanol–water partition coefficient (Wildman–Crippen LogP) is 11.9. The highest BCUT2D eigenvalue weighted by molar-refractivity contribution is 6.15. The van der Waals surface area contributed by atoms with Gasteiger partial charge in [-0.05, 0) is 55.6 Å². The van der Waals surface area contributed by atoms with E-state index in [1.807, 2.05) is 127 Å². The highest BCUT2D eigenvalue weighted by Gasteiger charge is 2.19. The van der Waals surface area contributed by atoms with Crippen molar-refractivity contribution in [2.75, 3.05) is 0 Å². The largest absolute Gasteiger partial charge is 0.456 e. The first-order chi connectivity index (χ1) is 26.8. The SMILES string of the molecule is [2H]c1c([2H])c(-c2cccc3c2ccc2ccccc23)c2c([2H])c([2H])c([2H])c(-c3nc(-c4ccccc4)nc(-c4cccc5oc6ccccc6c45)n3)c2c1[2H]. The number of hydrogen-bond acceptors (Lipinski definition) is 4. The van der Waals surface area contributed by atoms with E-state index in [9.17, 15) is 5.48 Å². The van der Waals surface area contributed by atoms with E-state index in [2.05, 4.69) is 0 Å². The van der Waals surface area contributed by atoms with Crippen LogP contribution in [0.4, 0.5) is 0 Å². The summed E-state index contributed by atoms with van der Waals surface area (Å²) in [7, 11) is 0. The minimum absolute atomic E-state index is 0.0117. The van der Waals surface area contributed by atoms with Gasteiger partial charge in [0.15, 0.2) is 17.5 Å². The van der Waals surface area contributed by atoms with Crippen molar-refractivity contribution in [3.63, 3.8) is 0 Å². The Morgan fingerprint density at radius 3 is 1.90 bits per heavy atom. The van der Waals surface area contributed by atoms with Crippen LogP contribution in [-0.4, -0.2) is 15.0 Å². The maximum Gasteiger partial charge on any atom is 0.164 e. The summed E-state index contributed by atoms with van der Waals surface area (Å²) in [6.45, 7) is 0. The van der Waals surface area contributed by atoms with Gasteiger partial charge in [-0.1, -0.05) is 152 Å². The molecule has 0 aliphatic carbocycles. The first-order valence-corrected chi connectivity index (χ1v) is 16.0. The average Bonchev–Trinajstić information content (AvgIpc) is 3.61. The quantitative estimate of drug-likeness (QED) is 0.181. The molecule has 0 atom stereocenters. The van der Waals surface area contributed by atoms with Crippen LogP contribution in [-0.2, 0) is 0 Å². The molecule has 8 aromatic carbocycles. The molecule has 0 aliphatic heterocycles.